The minimum Gasteiger partial charge on any atom is -0.377 e. The van der Waals surface area contributed by atoms with Gasteiger partial charge in [0.1, 0.15) is 0 Å². The highest BCUT2D eigenvalue weighted by atomic mass is 16.5. The second-order valence-electron chi connectivity index (χ2n) is 3.09. The van der Waals surface area contributed by atoms with E-state index < -0.39 is 0 Å². The minimum absolute atomic E-state index is 0.486. The monoisotopic (exact) mass is 157 g/mol. The Morgan fingerprint density at radius 3 is 2.82 bits per heavy atom. The Labute approximate surface area is 69.3 Å². The summed E-state index contributed by atoms with van der Waals surface area (Å²) in [5.41, 5.74) is 0. The molecule has 2 nitrogen and oxygen atoms in total. The predicted molar refractivity (Wildman–Crippen MR) is 46.7 cm³/mol. The Hall–Kier alpha value is -0.0800. The van der Waals surface area contributed by atoms with Gasteiger partial charge in [0.2, 0.25) is 0 Å². The van der Waals surface area contributed by atoms with Crippen LogP contribution in [0.3, 0.4) is 0 Å². The summed E-state index contributed by atoms with van der Waals surface area (Å²) in [6.07, 6.45) is 4.34. The van der Waals surface area contributed by atoms with Crippen LogP contribution in [-0.4, -0.2) is 25.3 Å². The molecule has 1 N–H and O–H groups in total. The van der Waals surface area contributed by atoms with Gasteiger partial charge in [-0.2, -0.15) is 0 Å². The summed E-state index contributed by atoms with van der Waals surface area (Å²) in [7, 11) is 0. The third kappa shape index (κ3) is 2.46. The van der Waals surface area contributed by atoms with Crippen molar-refractivity contribution in [3.8, 4) is 0 Å². The van der Waals surface area contributed by atoms with Crippen LogP contribution in [0, 0.1) is 0 Å². The highest BCUT2D eigenvalue weighted by molar-refractivity contribution is 4.83. The molecule has 0 saturated heterocycles. The van der Waals surface area contributed by atoms with E-state index in [4.69, 9.17) is 4.74 Å². The molecule has 1 fully saturated rings. The molecule has 0 amide bonds. The van der Waals surface area contributed by atoms with Gasteiger partial charge in [-0.3, -0.25) is 0 Å². The molecular formula is C9H19NO. The third-order valence-electron chi connectivity index (χ3n) is 2.30. The summed E-state index contributed by atoms with van der Waals surface area (Å²) in [6.45, 7) is 6.14. The largest absolute Gasteiger partial charge is 0.377 e. The van der Waals surface area contributed by atoms with Gasteiger partial charge in [0.05, 0.1) is 6.10 Å². The standard InChI is InChI=1S/C9H19NO/c1-3-10-8-6-5-7-9(8)11-4-2/h8-10H,3-7H2,1-2H3/t8-,9+/m0/s1. The molecule has 66 valence electrons. The second-order valence-corrected chi connectivity index (χ2v) is 3.09. The molecule has 0 heterocycles. The van der Waals surface area contributed by atoms with Crippen molar-refractivity contribution >= 4 is 0 Å². The van der Waals surface area contributed by atoms with Gasteiger partial charge < -0.3 is 10.1 Å². The summed E-state index contributed by atoms with van der Waals surface area (Å²) < 4.78 is 5.61. The van der Waals surface area contributed by atoms with Gasteiger partial charge in [-0.1, -0.05) is 6.92 Å². The molecule has 0 aromatic carbocycles. The topological polar surface area (TPSA) is 21.3 Å². The van der Waals surface area contributed by atoms with Crippen LogP contribution in [0.25, 0.3) is 0 Å². The van der Waals surface area contributed by atoms with Gasteiger partial charge >= 0.3 is 0 Å². The summed E-state index contributed by atoms with van der Waals surface area (Å²) in [5.74, 6) is 0. The molecule has 0 spiro atoms. The first kappa shape index (κ1) is 9.01. The van der Waals surface area contributed by atoms with Crippen molar-refractivity contribution in [3.63, 3.8) is 0 Å². The van der Waals surface area contributed by atoms with Gasteiger partial charge in [0, 0.05) is 12.6 Å². The Morgan fingerprint density at radius 2 is 2.18 bits per heavy atom. The second kappa shape index (κ2) is 4.73. The number of hydrogen-bond donors (Lipinski definition) is 1. The molecule has 2 heteroatoms. The maximum Gasteiger partial charge on any atom is 0.0727 e. The van der Waals surface area contributed by atoms with Crippen LogP contribution in [0.4, 0.5) is 0 Å². The van der Waals surface area contributed by atoms with E-state index in [0.29, 0.717) is 12.1 Å². The van der Waals surface area contributed by atoms with Crippen LogP contribution in [0.2, 0.25) is 0 Å². The smallest absolute Gasteiger partial charge is 0.0727 e. The van der Waals surface area contributed by atoms with Crippen molar-refractivity contribution < 1.29 is 4.74 Å². The molecule has 0 aromatic rings. The first-order chi connectivity index (χ1) is 5.38. The molecule has 1 saturated carbocycles. The first-order valence-electron chi connectivity index (χ1n) is 4.73. The van der Waals surface area contributed by atoms with Crippen LogP contribution < -0.4 is 5.32 Å². The highest BCUT2D eigenvalue weighted by Crippen LogP contribution is 2.21. The minimum atomic E-state index is 0.486. The van der Waals surface area contributed by atoms with Gasteiger partial charge in [0.25, 0.3) is 0 Å². The Balaban J connectivity index is 2.25. The molecule has 0 bridgehead atoms. The Kier molecular flexibility index (Phi) is 3.87. The Bertz CT molecular complexity index is 93.7. The predicted octanol–water partition coefficient (Wildman–Crippen LogP) is 1.55. The normalized spacial score (nSPS) is 31.1. The maximum absolute atomic E-state index is 5.61. The molecule has 0 aromatic heterocycles. The number of rotatable bonds is 4. The lowest BCUT2D eigenvalue weighted by Gasteiger charge is -2.19. The van der Waals surface area contributed by atoms with Crippen molar-refractivity contribution in [2.75, 3.05) is 13.2 Å². The summed E-state index contributed by atoms with van der Waals surface area (Å²) >= 11 is 0. The van der Waals surface area contributed by atoms with Gasteiger partial charge in [-0.05, 0) is 32.7 Å². The van der Waals surface area contributed by atoms with Crippen LogP contribution in [0.15, 0.2) is 0 Å². The number of likely N-dealkylation sites (N-methyl/N-ethyl adjacent to an activating group) is 1. The van der Waals surface area contributed by atoms with Gasteiger partial charge in [-0.15, -0.1) is 0 Å². The number of nitrogens with one attached hydrogen (secondary N) is 1. The fraction of sp³-hybridized carbons (Fsp3) is 1.00. The number of ether oxygens (including phenoxy) is 1. The lowest BCUT2D eigenvalue weighted by atomic mass is 10.2. The molecular weight excluding hydrogens is 138 g/mol. The van der Waals surface area contributed by atoms with Crippen LogP contribution in [0.1, 0.15) is 33.1 Å². The quantitative estimate of drug-likeness (QED) is 0.668. The average Bonchev–Trinajstić information content (AvgIpc) is 2.39. The zero-order valence-electron chi connectivity index (χ0n) is 7.60. The van der Waals surface area contributed by atoms with Crippen LogP contribution in [0.5, 0.6) is 0 Å². The summed E-state index contributed by atoms with van der Waals surface area (Å²) in [5, 5.41) is 3.45. The van der Waals surface area contributed by atoms with Crippen molar-refractivity contribution in [3.05, 3.63) is 0 Å². The van der Waals surface area contributed by atoms with E-state index in [1.165, 1.54) is 19.3 Å². The average molecular weight is 157 g/mol. The fourth-order valence-corrected chi connectivity index (χ4v) is 1.84. The lowest BCUT2D eigenvalue weighted by molar-refractivity contribution is 0.0493. The van der Waals surface area contributed by atoms with E-state index in [0.717, 1.165) is 13.2 Å². The Morgan fingerprint density at radius 1 is 1.36 bits per heavy atom. The van der Waals surface area contributed by atoms with Crippen LogP contribution in [-0.2, 0) is 4.74 Å². The summed E-state index contributed by atoms with van der Waals surface area (Å²) in [4.78, 5) is 0. The molecule has 0 radical (unpaired) electrons. The molecule has 0 unspecified atom stereocenters. The van der Waals surface area contributed by atoms with Crippen molar-refractivity contribution in [1.29, 1.82) is 0 Å². The highest BCUT2D eigenvalue weighted by Gasteiger charge is 2.26. The van der Waals surface area contributed by atoms with E-state index in [9.17, 15) is 0 Å². The van der Waals surface area contributed by atoms with E-state index in [1.807, 2.05) is 0 Å². The molecule has 1 aliphatic carbocycles. The van der Waals surface area contributed by atoms with Crippen molar-refractivity contribution in [2.24, 2.45) is 0 Å². The summed E-state index contributed by atoms with van der Waals surface area (Å²) in [6, 6.07) is 0.625. The molecule has 1 rings (SSSR count). The van der Waals surface area contributed by atoms with Crippen molar-refractivity contribution in [2.45, 2.75) is 45.3 Å². The number of hydrogen-bond acceptors (Lipinski definition) is 2. The molecule has 0 aliphatic heterocycles. The SMILES string of the molecule is CCN[C@H]1CCC[C@H]1OCC. The van der Waals surface area contributed by atoms with E-state index >= 15 is 0 Å². The molecule has 1 aliphatic rings. The van der Waals surface area contributed by atoms with E-state index in [1.54, 1.807) is 0 Å². The van der Waals surface area contributed by atoms with Crippen LogP contribution >= 0.6 is 0 Å². The lowest BCUT2D eigenvalue weighted by Crippen LogP contribution is -2.37. The zero-order chi connectivity index (χ0) is 8.10. The molecule has 11 heavy (non-hydrogen) atoms. The maximum atomic E-state index is 5.61. The fourth-order valence-electron chi connectivity index (χ4n) is 1.84. The van der Waals surface area contributed by atoms with Crippen molar-refractivity contribution in [1.82, 2.24) is 5.32 Å². The van der Waals surface area contributed by atoms with Gasteiger partial charge in [-0.25, -0.2) is 0 Å². The van der Waals surface area contributed by atoms with Gasteiger partial charge in [0.15, 0.2) is 0 Å². The third-order valence-corrected chi connectivity index (χ3v) is 2.30. The first-order valence-corrected chi connectivity index (χ1v) is 4.73. The zero-order valence-corrected chi connectivity index (χ0v) is 7.60. The van der Waals surface area contributed by atoms with E-state index in [-0.39, 0.29) is 0 Å². The molecule has 2 atom stereocenters. The van der Waals surface area contributed by atoms with E-state index in [2.05, 4.69) is 19.2 Å².